The molecule has 25 heavy (non-hydrogen) atoms. The van der Waals surface area contributed by atoms with Crippen molar-refractivity contribution in [2.45, 2.75) is 73.8 Å². The summed E-state index contributed by atoms with van der Waals surface area (Å²) in [5.74, 6) is 0.331. The Morgan fingerprint density at radius 2 is 1.64 bits per heavy atom. The van der Waals surface area contributed by atoms with Crippen molar-refractivity contribution in [3.8, 4) is 0 Å². The molecule has 0 saturated carbocycles. The average molecular weight is 349 g/mol. The Morgan fingerprint density at radius 1 is 1.08 bits per heavy atom. The number of esters is 1. The van der Waals surface area contributed by atoms with Crippen LogP contribution < -0.4 is 0 Å². The number of rotatable bonds is 8. The summed E-state index contributed by atoms with van der Waals surface area (Å²) in [7, 11) is 0. The van der Waals surface area contributed by atoms with Crippen LogP contribution in [0.2, 0.25) is 0 Å². The molecule has 0 aliphatic heterocycles. The van der Waals surface area contributed by atoms with E-state index in [1.54, 1.807) is 0 Å². The van der Waals surface area contributed by atoms with Crippen LogP contribution in [0.15, 0.2) is 24.3 Å². The lowest BCUT2D eigenvalue weighted by Gasteiger charge is -2.30. The van der Waals surface area contributed by atoms with Gasteiger partial charge in [-0.05, 0) is 49.1 Å². The van der Waals surface area contributed by atoms with Gasteiger partial charge in [0.25, 0.3) is 0 Å². The first-order valence-corrected chi connectivity index (χ1v) is 9.35. The van der Waals surface area contributed by atoms with Gasteiger partial charge in [0.2, 0.25) is 0 Å². The van der Waals surface area contributed by atoms with E-state index in [0.717, 1.165) is 24.0 Å². The number of benzene rings is 1. The molecule has 0 heterocycles. The van der Waals surface area contributed by atoms with Gasteiger partial charge in [-0.1, -0.05) is 58.9 Å². The van der Waals surface area contributed by atoms with Crippen molar-refractivity contribution < 1.29 is 14.6 Å². The van der Waals surface area contributed by atoms with E-state index < -0.39 is 11.5 Å². The molecule has 1 atom stereocenters. The van der Waals surface area contributed by atoms with Crippen molar-refractivity contribution in [1.82, 2.24) is 0 Å². The smallest absolute Gasteiger partial charge is 0.311 e. The minimum Gasteiger partial charge on any atom is -0.465 e. The molecule has 1 rings (SSSR count). The quantitative estimate of drug-likeness (QED) is 0.647. The van der Waals surface area contributed by atoms with Gasteiger partial charge in [0, 0.05) is 6.42 Å². The predicted octanol–water partition coefficient (Wildman–Crippen LogP) is 5.31. The summed E-state index contributed by atoms with van der Waals surface area (Å²) >= 11 is 0. The van der Waals surface area contributed by atoms with Crippen molar-refractivity contribution in [2.24, 2.45) is 16.7 Å². The molecular formula is C22H36O3. The minimum atomic E-state index is -0.469. The number of aliphatic hydroxyl groups is 1. The van der Waals surface area contributed by atoms with Crippen LogP contribution in [0.4, 0.5) is 0 Å². The second-order valence-corrected chi connectivity index (χ2v) is 9.39. The zero-order chi connectivity index (χ0) is 19.3. The van der Waals surface area contributed by atoms with Gasteiger partial charge in [-0.25, -0.2) is 0 Å². The van der Waals surface area contributed by atoms with E-state index >= 15 is 0 Å². The molecule has 1 aromatic rings. The number of aliphatic hydroxyl groups excluding tert-OH is 1. The summed E-state index contributed by atoms with van der Waals surface area (Å²) in [6.07, 6.45) is 1.84. The van der Waals surface area contributed by atoms with E-state index in [-0.39, 0.29) is 11.4 Å². The van der Waals surface area contributed by atoms with E-state index in [0.29, 0.717) is 18.9 Å². The maximum absolute atomic E-state index is 12.3. The van der Waals surface area contributed by atoms with Gasteiger partial charge in [0.15, 0.2) is 0 Å². The molecule has 0 bridgehead atoms. The third-order valence-corrected chi connectivity index (χ3v) is 4.21. The van der Waals surface area contributed by atoms with Crippen LogP contribution in [0.25, 0.3) is 0 Å². The van der Waals surface area contributed by atoms with Gasteiger partial charge in [-0.2, -0.15) is 0 Å². The second kappa shape index (κ2) is 8.84. The van der Waals surface area contributed by atoms with E-state index in [4.69, 9.17) is 4.74 Å². The van der Waals surface area contributed by atoms with E-state index in [9.17, 15) is 9.90 Å². The third kappa shape index (κ3) is 8.04. The molecule has 1 unspecified atom stereocenters. The first-order valence-electron chi connectivity index (χ1n) is 9.35. The minimum absolute atomic E-state index is 0.0924. The highest BCUT2D eigenvalue weighted by Gasteiger charge is 2.33. The lowest BCUT2D eigenvalue weighted by Crippen LogP contribution is -2.31. The van der Waals surface area contributed by atoms with Crippen molar-refractivity contribution in [3.05, 3.63) is 35.4 Å². The maximum Gasteiger partial charge on any atom is 0.311 e. The summed E-state index contributed by atoms with van der Waals surface area (Å²) < 4.78 is 5.50. The summed E-state index contributed by atoms with van der Waals surface area (Å²) in [6.45, 7) is 14.9. The average Bonchev–Trinajstić information content (AvgIpc) is 2.44. The Balaban J connectivity index is 2.50. The van der Waals surface area contributed by atoms with Crippen LogP contribution in [0.1, 0.15) is 78.5 Å². The molecule has 3 heteroatoms. The zero-order valence-electron chi connectivity index (χ0n) is 17.1. The zero-order valence-corrected chi connectivity index (χ0v) is 17.1. The highest BCUT2D eigenvalue weighted by molar-refractivity contribution is 5.75. The van der Waals surface area contributed by atoms with Gasteiger partial charge >= 0.3 is 5.97 Å². The Bertz CT molecular complexity index is 535. The van der Waals surface area contributed by atoms with Crippen LogP contribution >= 0.6 is 0 Å². The van der Waals surface area contributed by atoms with Gasteiger partial charge < -0.3 is 9.84 Å². The van der Waals surface area contributed by atoms with Gasteiger partial charge in [0.05, 0.1) is 18.1 Å². The SMILES string of the molecule is CC(C)CC(O)c1ccc(CCOC(=O)C(C)(C)CC(C)(C)C)cc1. The van der Waals surface area contributed by atoms with Gasteiger partial charge in [0.1, 0.15) is 0 Å². The lowest BCUT2D eigenvalue weighted by atomic mass is 9.76. The van der Waals surface area contributed by atoms with E-state index in [1.807, 2.05) is 38.1 Å². The van der Waals surface area contributed by atoms with Crippen LogP contribution in [-0.2, 0) is 16.0 Å². The monoisotopic (exact) mass is 348 g/mol. The van der Waals surface area contributed by atoms with Gasteiger partial charge in [-0.3, -0.25) is 4.79 Å². The fourth-order valence-corrected chi connectivity index (χ4v) is 3.34. The number of carbonyl (C=O) groups is 1. The van der Waals surface area contributed by atoms with Crippen molar-refractivity contribution in [3.63, 3.8) is 0 Å². The summed E-state index contributed by atoms with van der Waals surface area (Å²) in [5.41, 5.74) is 1.68. The first-order chi connectivity index (χ1) is 11.4. The topological polar surface area (TPSA) is 46.5 Å². The lowest BCUT2D eigenvalue weighted by molar-refractivity contribution is -0.155. The number of ether oxygens (including phenoxy) is 1. The summed E-state index contributed by atoms with van der Waals surface area (Å²) in [5, 5.41) is 10.1. The Labute approximate surface area is 153 Å². The standard InChI is InChI=1S/C22H36O3/c1-16(2)14-19(23)18-10-8-17(9-11-18)12-13-25-20(24)22(6,7)15-21(3,4)5/h8-11,16,19,23H,12-15H2,1-7H3. The normalized spacial score (nSPS) is 13.8. The molecule has 0 saturated heterocycles. The third-order valence-electron chi connectivity index (χ3n) is 4.21. The molecular weight excluding hydrogens is 312 g/mol. The molecule has 0 aliphatic carbocycles. The van der Waals surface area contributed by atoms with Crippen LogP contribution in [0.3, 0.4) is 0 Å². The number of carbonyl (C=O) groups excluding carboxylic acids is 1. The Hall–Kier alpha value is -1.35. The Morgan fingerprint density at radius 3 is 2.12 bits per heavy atom. The van der Waals surface area contributed by atoms with Crippen molar-refractivity contribution >= 4 is 5.97 Å². The molecule has 142 valence electrons. The number of hydrogen-bond acceptors (Lipinski definition) is 3. The first kappa shape index (κ1) is 21.7. The van der Waals surface area contributed by atoms with Crippen LogP contribution in [0.5, 0.6) is 0 Å². The highest BCUT2D eigenvalue weighted by atomic mass is 16.5. The fraction of sp³-hybridized carbons (Fsp3) is 0.682. The fourth-order valence-electron chi connectivity index (χ4n) is 3.34. The molecule has 0 spiro atoms. The molecule has 0 fully saturated rings. The maximum atomic E-state index is 12.3. The molecule has 1 aromatic carbocycles. The molecule has 0 aromatic heterocycles. The second-order valence-electron chi connectivity index (χ2n) is 9.39. The van der Waals surface area contributed by atoms with Crippen molar-refractivity contribution in [1.29, 1.82) is 0 Å². The molecule has 0 aliphatic rings. The van der Waals surface area contributed by atoms with Crippen LogP contribution in [-0.4, -0.2) is 17.7 Å². The Kier molecular flexibility index (Phi) is 7.67. The molecule has 0 radical (unpaired) electrons. The van der Waals surface area contributed by atoms with Gasteiger partial charge in [-0.15, -0.1) is 0 Å². The van der Waals surface area contributed by atoms with Crippen molar-refractivity contribution in [2.75, 3.05) is 6.61 Å². The molecule has 0 amide bonds. The largest absolute Gasteiger partial charge is 0.465 e. The highest BCUT2D eigenvalue weighted by Crippen LogP contribution is 2.34. The summed E-state index contributed by atoms with van der Waals surface area (Å²) in [4.78, 5) is 12.3. The number of hydrogen-bond donors (Lipinski definition) is 1. The predicted molar refractivity (Wildman–Crippen MR) is 103 cm³/mol. The van der Waals surface area contributed by atoms with E-state index in [2.05, 4.69) is 34.6 Å². The van der Waals surface area contributed by atoms with E-state index in [1.165, 1.54) is 0 Å². The summed E-state index contributed by atoms with van der Waals surface area (Å²) in [6, 6.07) is 7.95. The molecule has 1 N–H and O–H groups in total. The molecule has 3 nitrogen and oxygen atoms in total. The van der Waals surface area contributed by atoms with Crippen LogP contribution in [0, 0.1) is 16.7 Å².